The van der Waals surface area contributed by atoms with Crippen molar-refractivity contribution in [3.63, 3.8) is 0 Å². The predicted octanol–water partition coefficient (Wildman–Crippen LogP) is 2.54. The fourth-order valence-corrected chi connectivity index (χ4v) is 4.67. The van der Waals surface area contributed by atoms with E-state index in [4.69, 9.17) is 0 Å². The molecule has 0 radical (unpaired) electrons. The highest BCUT2D eigenvalue weighted by atomic mass is 16.4. The Morgan fingerprint density at radius 3 is 2.44 bits per heavy atom. The molecule has 2 N–H and O–H groups in total. The summed E-state index contributed by atoms with van der Waals surface area (Å²) in [6.07, 6.45) is 2.81. The summed E-state index contributed by atoms with van der Waals surface area (Å²) in [5.74, 6) is -1.40. The first-order valence-electron chi connectivity index (χ1n) is 11.7. The first-order chi connectivity index (χ1) is 16.4. The Balaban J connectivity index is 1.38. The number of nitrogens with zero attached hydrogens (tertiary/aromatic N) is 3. The highest BCUT2D eigenvalue weighted by Gasteiger charge is 2.35. The van der Waals surface area contributed by atoms with Crippen molar-refractivity contribution in [3.8, 4) is 11.1 Å². The van der Waals surface area contributed by atoms with Crippen LogP contribution < -0.4 is 5.32 Å². The highest BCUT2D eigenvalue weighted by Crippen LogP contribution is 2.25. The summed E-state index contributed by atoms with van der Waals surface area (Å²) in [5, 5.41) is 18.1. The number of carboxylic acids is 1. The second-order valence-corrected chi connectivity index (χ2v) is 8.83. The molecule has 2 aliphatic heterocycles. The van der Waals surface area contributed by atoms with Crippen molar-refractivity contribution in [2.75, 3.05) is 19.6 Å². The van der Waals surface area contributed by atoms with Crippen LogP contribution in [0.4, 0.5) is 0 Å². The largest absolute Gasteiger partial charge is 0.480 e. The zero-order valence-corrected chi connectivity index (χ0v) is 19.3. The molecule has 0 aromatic heterocycles. The van der Waals surface area contributed by atoms with Gasteiger partial charge in [0.05, 0.1) is 24.7 Å². The van der Waals surface area contributed by atoms with Gasteiger partial charge in [0.2, 0.25) is 11.8 Å². The number of aliphatic carboxylic acids is 1. The van der Waals surface area contributed by atoms with E-state index in [0.717, 1.165) is 35.2 Å². The van der Waals surface area contributed by atoms with Crippen molar-refractivity contribution in [3.05, 3.63) is 60.2 Å². The van der Waals surface area contributed by atoms with Crippen molar-refractivity contribution in [2.45, 2.75) is 44.7 Å². The Labute approximate surface area is 199 Å². The lowest BCUT2D eigenvalue weighted by Gasteiger charge is -2.25. The molecule has 2 atom stereocenters. The number of carbonyl (C=O) groups is 3. The summed E-state index contributed by atoms with van der Waals surface area (Å²) in [7, 11) is 0. The molecule has 0 aliphatic carbocycles. The molecule has 2 aliphatic rings. The Morgan fingerprint density at radius 1 is 1.06 bits per heavy atom. The van der Waals surface area contributed by atoms with Gasteiger partial charge in [-0.15, -0.1) is 0 Å². The van der Waals surface area contributed by atoms with Gasteiger partial charge in [0, 0.05) is 26.4 Å². The Bertz CT molecular complexity index is 1070. The molecule has 2 amide bonds. The topological polar surface area (TPSA) is 102 Å². The molecule has 178 valence electrons. The number of carboxylic acid groups (broad SMARTS) is 1. The van der Waals surface area contributed by atoms with E-state index in [9.17, 15) is 19.5 Å². The average molecular weight is 463 g/mol. The second kappa shape index (κ2) is 10.5. The van der Waals surface area contributed by atoms with E-state index in [1.807, 2.05) is 47.4 Å². The smallest absolute Gasteiger partial charge is 0.328 e. The van der Waals surface area contributed by atoms with Crippen molar-refractivity contribution in [2.24, 2.45) is 5.10 Å². The second-order valence-electron chi connectivity index (χ2n) is 8.83. The number of rotatable bonds is 8. The van der Waals surface area contributed by atoms with Crippen LogP contribution in [-0.2, 0) is 20.8 Å². The fraction of sp³-hybridized carbons (Fsp3) is 0.385. The molecular formula is C26H30N4O4. The molecule has 0 spiro atoms. The monoisotopic (exact) mass is 462 g/mol. The zero-order valence-electron chi connectivity index (χ0n) is 19.3. The van der Waals surface area contributed by atoms with Gasteiger partial charge < -0.3 is 15.3 Å². The lowest BCUT2D eigenvalue weighted by atomic mass is 10.0. The van der Waals surface area contributed by atoms with E-state index >= 15 is 0 Å². The number of likely N-dealkylation sites (tertiary alicyclic amines) is 1. The molecule has 2 unspecified atom stereocenters. The maximum atomic E-state index is 13.1. The average Bonchev–Trinajstić information content (AvgIpc) is 3.49. The molecule has 4 rings (SSSR count). The molecule has 2 aromatic carbocycles. The summed E-state index contributed by atoms with van der Waals surface area (Å²) in [5.41, 5.74) is 4.16. The van der Waals surface area contributed by atoms with Crippen LogP contribution in [0.1, 0.15) is 31.7 Å². The number of carbonyl (C=O) groups excluding carboxylic acids is 2. The van der Waals surface area contributed by atoms with Gasteiger partial charge in [-0.05, 0) is 29.5 Å². The van der Waals surface area contributed by atoms with E-state index in [1.165, 1.54) is 6.92 Å². The minimum atomic E-state index is -1.09. The van der Waals surface area contributed by atoms with E-state index in [2.05, 4.69) is 22.6 Å². The van der Waals surface area contributed by atoms with Crippen LogP contribution in [0, 0.1) is 0 Å². The third-order valence-corrected chi connectivity index (χ3v) is 6.34. The van der Waals surface area contributed by atoms with E-state index in [1.54, 1.807) is 5.01 Å². The first-order valence-corrected chi connectivity index (χ1v) is 11.7. The molecule has 0 bridgehead atoms. The minimum absolute atomic E-state index is 0.0508. The number of benzene rings is 2. The summed E-state index contributed by atoms with van der Waals surface area (Å²) in [6.45, 7) is 2.69. The van der Waals surface area contributed by atoms with Gasteiger partial charge in [0.1, 0.15) is 6.04 Å². The van der Waals surface area contributed by atoms with Gasteiger partial charge in [0.25, 0.3) is 0 Å². The minimum Gasteiger partial charge on any atom is -0.480 e. The van der Waals surface area contributed by atoms with E-state index in [0.29, 0.717) is 25.9 Å². The third-order valence-electron chi connectivity index (χ3n) is 6.34. The Hall–Kier alpha value is -3.68. The van der Waals surface area contributed by atoms with Gasteiger partial charge in [0.15, 0.2) is 0 Å². The molecule has 1 saturated heterocycles. The molecule has 2 heterocycles. The van der Waals surface area contributed by atoms with Gasteiger partial charge in [-0.2, -0.15) is 5.10 Å². The number of hydrazone groups is 1. The van der Waals surface area contributed by atoms with Crippen LogP contribution >= 0.6 is 0 Å². The summed E-state index contributed by atoms with van der Waals surface area (Å²) in [6, 6.07) is 17.2. The lowest BCUT2D eigenvalue weighted by Crippen LogP contribution is -2.46. The molecule has 8 nitrogen and oxygen atoms in total. The lowest BCUT2D eigenvalue weighted by molar-refractivity contribution is -0.142. The predicted molar refractivity (Wildman–Crippen MR) is 129 cm³/mol. The van der Waals surface area contributed by atoms with Gasteiger partial charge in [-0.1, -0.05) is 54.6 Å². The van der Waals surface area contributed by atoms with Crippen molar-refractivity contribution < 1.29 is 19.5 Å². The summed E-state index contributed by atoms with van der Waals surface area (Å²) < 4.78 is 0. The highest BCUT2D eigenvalue weighted by molar-refractivity contribution is 5.95. The first kappa shape index (κ1) is 23.5. The Morgan fingerprint density at radius 2 is 1.76 bits per heavy atom. The molecule has 8 heteroatoms. The number of hydrogen-bond donors (Lipinski definition) is 2. The van der Waals surface area contributed by atoms with Crippen LogP contribution in [0.2, 0.25) is 0 Å². The van der Waals surface area contributed by atoms with Gasteiger partial charge in [-0.3, -0.25) is 14.6 Å². The summed E-state index contributed by atoms with van der Waals surface area (Å²) in [4.78, 5) is 37.8. The van der Waals surface area contributed by atoms with Crippen molar-refractivity contribution in [1.82, 2.24) is 15.2 Å². The normalized spacial score (nSPS) is 18.5. The maximum Gasteiger partial charge on any atom is 0.328 e. The zero-order chi connectivity index (χ0) is 24.1. The van der Waals surface area contributed by atoms with Gasteiger partial charge >= 0.3 is 5.97 Å². The summed E-state index contributed by atoms with van der Waals surface area (Å²) >= 11 is 0. The van der Waals surface area contributed by atoms with Crippen LogP contribution in [0.3, 0.4) is 0 Å². The van der Waals surface area contributed by atoms with Crippen LogP contribution in [0.5, 0.6) is 0 Å². The Kier molecular flexibility index (Phi) is 7.25. The van der Waals surface area contributed by atoms with Crippen LogP contribution in [0.15, 0.2) is 59.7 Å². The molecule has 0 saturated carbocycles. The van der Waals surface area contributed by atoms with Crippen LogP contribution in [-0.4, -0.2) is 70.2 Å². The van der Waals surface area contributed by atoms with E-state index < -0.39 is 12.0 Å². The maximum absolute atomic E-state index is 13.1. The molecule has 1 fully saturated rings. The molecular weight excluding hydrogens is 432 g/mol. The quantitative estimate of drug-likeness (QED) is 0.628. The third kappa shape index (κ3) is 5.62. The number of nitrogens with one attached hydrogen (secondary N) is 1. The molecule has 2 aromatic rings. The molecule has 34 heavy (non-hydrogen) atoms. The van der Waals surface area contributed by atoms with Crippen molar-refractivity contribution in [1.29, 1.82) is 0 Å². The van der Waals surface area contributed by atoms with Crippen molar-refractivity contribution >= 4 is 23.5 Å². The number of hydrogen-bond acceptors (Lipinski definition) is 5. The SMILES string of the molecule is CC(=O)NC(CN1CCC(C2CCCN2C(=O)Cc2ccc(-c3ccccc3)cc2)=N1)C(=O)O. The number of amides is 2. The van der Waals surface area contributed by atoms with Crippen LogP contribution in [0.25, 0.3) is 11.1 Å². The fourth-order valence-electron chi connectivity index (χ4n) is 4.67. The van der Waals surface area contributed by atoms with E-state index in [-0.39, 0.29) is 24.4 Å². The standard InChI is InChI=1S/C26H30N4O4/c1-18(31)27-23(26(33)34)17-29-15-13-22(28-29)24-8-5-14-30(24)25(32)16-19-9-11-21(12-10-19)20-6-3-2-4-7-20/h2-4,6-7,9-12,23-24H,5,8,13-17H2,1H3,(H,27,31)(H,33,34). The van der Waals surface area contributed by atoms with Gasteiger partial charge in [-0.25, -0.2) is 4.79 Å².